The first-order valence-electron chi connectivity index (χ1n) is 6.30. The third kappa shape index (κ3) is 4.96. The molecule has 0 aromatic heterocycles. The van der Waals surface area contributed by atoms with Gasteiger partial charge in [0.1, 0.15) is 0 Å². The number of hydrogen-bond acceptors (Lipinski definition) is 3. The van der Waals surface area contributed by atoms with Crippen molar-refractivity contribution in [1.29, 1.82) is 0 Å². The van der Waals surface area contributed by atoms with Crippen LogP contribution in [0.25, 0.3) is 0 Å². The van der Waals surface area contributed by atoms with E-state index in [-0.39, 0.29) is 0 Å². The predicted octanol–water partition coefficient (Wildman–Crippen LogP) is 1.47. The Kier molecular flexibility index (Phi) is 6.22. The Morgan fingerprint density at radius 3 is 2.60 bits per heavy atom. The quantitative estimate of drug-likeness (QED) is 0.728. The lowest BCUT2D eigenvalue weighted by atomic mass is 10.0. The fourth-order valence-corrected chi connectivity index (χ4v) is 2.06. The van der Waals surface area contributed by atoms with Crippen LogP contribution in [0.4, 0.5) is 0 Å². The second kappa shape index (κ2) is 7.20. The van der Waals surface area contributed by atoms with Gasteiger partial charge in [-0.25, -0.2) is 0 Å². The Bertz CT molecular complexity index is 156. The van der Waals surface area contributed by atoms with Gasteiger partial charge in [-0.05, 0) is 45.2 Å². The lowest BCUT2D eigenvalue weighted by Crippen LogP contribution is -2.38. The maximum Gasteiger partial charge on any atom is 0.0599 e. The zero-order valence-corrected chi connectivity index (χ0v) is 10.2. The van der Waals surface area contributed by atoms with Crippen molar-refractivity contribution in [3.05, 3.63) is 0 Å². The van der Waals surface area contributed by atoms with Crippen LogP contribution in [-0.4, -0.2) is 43.8 Å². The molecule has 2 N–H and O–H groups in total. The monoisotopic (exact) mass is 214 g/mol. The minimum atomic E-state index is 0.512. The van der Waals surface area contributed by atoms with Gasteiger partial charge >= 0.3 is 0 Å². The molecule has 0 aromatic carbocycles. The van der Waals surface area contributed by atoms with Crippen LogP contribution in [0.2, 0.25) is 0 Å². The van der Waals surface area contributed by atoms with Crippen molar-refractivity contribution >= 4 is 0 Å². The maximum absolute atomic E-state index is 5.63. The topological polar surface area (TPSA) is 38.5 Å². The van der Waals surface area contributed by atoms with Gasteiger partial charge in [0, 0.05) is 19.7 Å². The van der Waals surface area contributed by atoms with Crippen molar-refractivity contribution < 1.29 is 4.74 Å². The molecule has 1 fully saturated rings. The third-order valence-electron chi connectivity index (χ3n) is 3.28. The molecule has 3 heteroatoms. The molecule has 1 aliphatic heterocycles. The summed E-state index contributed by atoms with van der Waals surface area (Å²) in [5.74, 6) is 0.662. The summed E-state index contributed by atoms with van der Waals surface area (Å²) in [7, 11) is 0. The average Bonchev–Trinajstić information content (AvgIpc) is 2.28. The first-order chi connectivity index (χ1) is 7.26. The van der Waals surface area contributed by atoms with Gasteiger partial charge in [0.25, 0.3) is 0 Å². The number of nitrogens with zero attached hydrogens (tertiary/aromatic N) is 1. The molecule has 1 rings (SSSR count). The summed E-state index contributed by atoms with van der Waals surface area (Å²) in [6.07, 6.45) is 4.14. The van der Waals surface area contributed by atoms with E-state index < -0.39 is 0 Å². The van der Waals surface area contributed by atoms with Crippen molar-refractivity contribution in [2.24, 2.45) is 11.7 Å². The standard InChI is InChI=1S/C12H26N2O/c1-3-15-12-5-8-14(9-6-12)7-4-11(2)10-13/h11-12H,3-10,13H2,1-2H3. The van der Waals surface area contributed by atoms with Crippen LogP contribution in [0, 0.1) is 5.92 Å². The average molecular weight is 214 g/mol. The van der Waals surface area contributed by atoms with Crippen LogP contribution in [0.15, 0.2) is 0 Å². The largest absolute Gasteiger partial charge is 0.378 e. The highest BCUT2D eigenvalue weighted by Gasteiger charge is 2.18. The number of nitrogens with two attached hydrogens (primary N) is 1. The minimum absolute atomic E-state index is 0.512. The minimum Gasteiger partial charge on any atom is -0.378 e. The number of piperidine rings is 1. The van der Waals surface area contributed by atoms with E-state index >= 15 is 0 Å². The molecule has 0 aromatic rings. The van der Waals surface area contributed by atoms with Crippen LogP contribution in [-0.2, 0) is 4.74 Å². The molecular formula is C12H26N2O. The normalized spacial score (nSPS) is 21.8. The van der Waals surface area contributed by atoms with Crippen LogP contribution < -0.4 is 5.73 Å². The van der Waals surface area contributed by atoms with Gasteiger partial charge in [-0.3, -0.25) is 0 Å². The number of likely N-dealkylation sites (tertiary alicyclic amines) is 1. The van der Waals surface area contributed by atoms with E-state index in [2.05, 4.69) is 18.7 Å². The van der Waals surface area contributed by atoms with Gasteiger partial charge in [0.15, 0.2) is 0 Å². The number of ether oxygens (including phenoxy) is 1. The van der Waals surface area contributed by atoms with Crippen LogP contribution >= 0.6 is 0 Å². The summed E-state index contributed by atoms with van der Waals surface area (Å²) in [6, 6.07) is 0. The van der Waals surface area contributed by atoms with E-state index in [9.17, 15) is 0 Å². The molecule has 0 amide bonds. The molecule has 90 valence electrons. The summed E-state index contributed by atoms with van der Waals surface area (Å²) in [5.41, 5.74) is 5.61. The Morgan fingerprint density at radius 2 is 2.07 bits per heavy atom. The predicted molar refractivity (Wildman–Crippen MR) is 63.9 cm³/mol. The Hall–Kier alpha value is -0.120. The summed E-state index contributed by atoms with van der Waals surface area (Å²) >= 11 is 0. The Balaban J connectivity index is 2.09. The zero-order valence-electron chi connectivity index (χ0n) is 10.2. The summed E-state index contributed by atoms with van der Waals surface area (Å²) < 4.78 is 5.63. The fraction of sp³-hybridized carbons (Fsp3) is 1.00. The summed E-state index contributed by atoms with van der Waals surface area (Å²) in [6.45, 7) is 9.58. The molecule has 1 heterocycles. The van der Waals surface area contributed by atoms with Crippen molar-refractivity contribution in [2.75, 3.05) is 32.8 Å². The van der Waals surface area contributed by atoms with E-state index in [1.54, 1.807) is 0 Å². The smallest absolute Gasteiger partial charge is 0.0599 e. The Labute approximate surface area is 94.0 Å². The Morgan fingerprint density at radius 1 is 1.40 bits per heavy atom. The van der Waals surface area contributed by atoms with E-state index in [4.69, 9.17) is 10.5 Å². The maximum atomic E-state index is 5.63. The molecule has 1 aliphatic rings. The zero-order chi connectivity index (χ0) is 11.1. The van der Waals surface area contributed by atoms with E-state index in [0.717, 1.165) is 13.2 Å². The molecule has 15 heavy (non-hydrogen) atoms. The van der Waals surface area contributed by atoms with Gasteiger partial charge < -0.3 is 15.4 Å². The lowest BCUT2D eigenvalue weighted by Gasteiger charge is -2.32. The second-order valence-electron chi connectivity index (χ2n) is 4.63. The number of hydrogen-bond donors (Lipinski definition) is 1. The molecular weight excluding hydrogens is 188 g/mol. The SMILES string of the molecule is CCOC1CCN(CCC(C)CN)CC1. The first-order valence-corrected chi connectivity index (χ1v) is 6.30. The molecule has 1 unspecified atom stereocenters. The lowest BCUT2D eigenvalue weighted by molar-refractivity contribution is 0.0134. The van der Waals surface area contributed by atoms with Crippen LogP contribution in [0.5, 0.6) is 0 Å². The molecule has 0 aliphatic carbocycles. The van der Waals surface area contributed by atoms with Crippen molar-refractivity contribution in [1.82, 2.24) is 4.90 Å². The second-order valence-corrected chi connectivity index (χ2v) is 4.63. The highest BCUT2D eigenvalue weighted by atomic mass is 16.5. The van der Waals surface area contributed by atoms with Crippen molar-refractivity contribution in [3.8, 4) is 0 Å². The van der Waals surface area contributed by atoms with Gasteiger partial charge in [0.2, 0.25) is 0 Å². The molecule has 1 saturated heterocycles. The van der Waals surface area contributed by atoms with Crippen LogP contribution in [0.1, 0.15) is 33.1 Å². The van der Waals surface area contributed by atoms with E-state index in [1.165, 1.54) is 38.9 Å². The first kappa shape index (κ1) is 12.9. The van der Waals surface area contributed by atoms with Crippen molar-refractivity contribution in [3.63, 3.8) is 0 Å². The fourth-order valence-electron chi connectivity index (χ4n) is 2.06. The number of rotatable bonds is 6. The molecule has 0 bridgehead atoms. The molecule has 3 nitrogen and oxygen atoms in total. The summed E-state index contributed by atoms with van der Waals surface area (Å²) in [4.78, 5) is 2.54. The molecule has 0 spiro atoms. The van der Waals surface area contributed by atoms with Gasteiger partial charge in [-0.1, -0.05) is 6.92 Å². The van der Waals surface area contributed by atoms with Crippen molar-refractivity contribution in [2.45, 2.75) is 39.2 Å². The summed E-state index contributed by atoms with van der Waals surface area (Å²) in [5, 5.41) is 0. The highest BCUT2D eigenvalue weighted by Crippen LogP contribution is 2.14. The van der Waals surface area contributed by atoms with Crippen LogP contribution in [0.3, 0.4) is 0 Å². The molecule has 0 radical (unpaired) electrons. The highest BCUT2D eigenvalue weighted by molar-refractivity contribution is 4.73. The van der Waals surface area contributed by atoms with Gasteiger partial charge in [-0.2, -0.15) is 0 Å². The third-order valence-corrected chi connectivity index (χ3v) is 3.28. The van der Waals surface area contributed by atoms with E-state index in [0.29, 0.717) is 12.0 Å². The van der Waals surface area contributed by atoms with E-state index in [1.807, 2.05) is 0 Å². The molecule has 1 atom stereocenters. The van der Waals surface area contributed by atoms with Gasteiger partial charge in [0.05, 0.1) is 6.10 Å². The molecule has 0 saturated carbocycles. The van der Waals surface area contributed by atoms with Gasteiger partial charge in [-0.15, -0.1) is 0 Å².